The van der Waals surface area contributed by atoms with Crippen molar-refractivity contribution in [2.75, 3.05) is 11.9 Å². The van der Waals surface area contributed by atoms with Crippen molar-refractivity contribution in [2.24, 2.45) is 0 Å². The fourth-order valence-electron chi connectivity index (χ4n) is 3.87. The standard InChI is InChI=1S/C23H26N2O4/c1-16-6-5-7-17(14-16)22(27)24-13-10-21(26)25-18-8-9-19-20(15-18)29-23(28-19)11-3-2-4-12-23/h5-9,14-15H,2-4,10-13H2,1H3,(H,24,27)(H,25,26). The molecule has 4 rings (SSSR count). The maximum absolute atomic E-state index is 12.2. The fraction of sp³-hybridized carbons (Fsp3) is 0.391. The molecule has 29 heavy (non-hydrogen) atoms. The molecular formula is C23H26N2O4. The molecule has 1 aliphatic carbocycles. The molecule has 1 fully saturated rings. The Kier molecular flexibility index (Phi) is 5.43. The zero-order valence-electron chi connectivity index (χ0n) is 16.6. The van der Waals surface area contributed by atoms with Gasteiger partial charge in [-0.15, -0.1) is 0 Å². The van der Waals surface area contributed by atoms with E-state index in [1.54, 1.807) is 6.07 Å². The summed E-state index contributed by atoms with van der Waals surface area (Å²) in [6, 6.07) is 12.8. The summed E-state index contributed by atoms with van der Waals surface area (Å²) >= 11 is 0. The minimum Gasteiger partial charge on any atom is -0.448 e. The van der Waals surface area contributed by atoms with E-state index in [4.69, 9.17) is 9.47 Å². The van der Waals surface area contributed by atoms with Crippen LogP contribution in [0.15, 0.2) is 42.5 Å². The minimum atomic E-state index is -0.525. The van der Waals surface area contributed by atoms with Crippen molar-refractivity contribution < 1.29 is 19.1 Å². The van der Waals surface area contributed by atoms with Crippen molar-refractivity contribution in [3.63, 3.8) is 0 Å². The summed E-state index contributed by atoms with van der Waals surface area (Å²) in [5.41, 5.74) is 2.28. The average Bonchev–Trinajstić information content (AvgIpc) is 3.05. The van der Waals surface area contributed by atoms with Crippen LogP contribution in [0.1, 0.15) is 54.4 Å². The molecule has 1 aliphatic heterocycles. The third kappa shape index (κ3) is 4.53. The SMILES string of the molecule is Cc1cccc(C(=O)NCCC(=O)Nc2ccc3c(c2)OC2(CCCCC2)O3)c1. The van der Waals surface area contributed by atoms with Gasteiger partial charge in [0.15, 0.2) is 11.5 Å². The molecule has 2 amide bonds. The van der Waals surface area contributed by atoms with Crippen LogP contribution in [0.25, 0.3) is 0 Å². The summed E-state index contributed by atoms with van der Waals surface area (Å²) in [7, 11) is 0. The first-order valence-electron chi connectivity index (χ1n) is 10.2. The first-order chi connectivity index (χ1) is 14.0. The smallest absolute Gasteiger partial charge is 0.251 e. The molecule has 6 nitrogen and oxygen atoms in total. The van der Waals surface area contributed by atoms with E-state index in [1.807, 2.05) is 43.3 Å². The zero-order valence-corrected chi connectivity index (χ0v) is 16.6. The molecular weight excluding hydrogens is 368 g/mol. The summed E-state index contributed by atoms with van der Waals surface area (Å²) in [5, 5.41) is 5.64. The summed E-state index contributed by atoms with van der Waals surface area (Å²) < 4.78 is 12.2. The van der Waals surface area contributed by atoms with E-state index in [0.717, 1.165) is 37.0 Å². The van der Waals surface area contributed by atoms with Crippen LogP contribution in [0.3, 0.4) is 0 Å². The van der Waals surface area contributed by atoms with Crippen LogP contribution in [0, 0.1) is 6.92 Å². The molecule has 1 saturated carbocycles. The Balaban J connectivity index is 1.27. The van der Waals surface area contributed by atoms with Crippen molar-refractivity contribution in [1.29, 1.82) is 0 Å². The molecule has 2 N–H and O–H groups in total. The average molecular weight is 394 g/mol. The van der Waals surface area contributed by atoms with E-state index in [0.29, 0.717) is 17.0 Å². The Bertz CT molecular complexity index is 919. The van der Waals surface area contributed by atoms with E-state index < -0.39 is 5.79 Å². The highest BCUT2D eigenvalue weighted by atomic mass is 16.7. The van der Waals surface area contributed by atoms with E-state index in [2.05, 4.69) is 10.6 Å². The lowest BCUT2D eigenvalue weighted by atomic mass is 9.94. The number of carbonyl (C=O) groups excluding carboxylic acids is 2. The number of hydrogen-bond acceptors (Lipinski definition) is 4. The van der Waals surface area contributed by atoms with Gasteiger partial charge in [0.1, 0.15) is 0 Å². The Hall–Kier alpha value is -3.02. The number of rotatable bonds is 5. The molecule has 1 heterocycles. The molecule has 2 aromatic carbocycles. The number of ether oxygens (including phenoxy) is 2. The van der Waals surface area contributed by atoms with Gasteiger partial charge in [-0.25, -0.2) is 0 Å². The highest BCUT2D eigenvalue weighted by Crippen LogP contribution is 2.46. The molecule has 152 valence electrons. The number of hydrogen-bond donors (Lipinski definition) is 2. The zero-order chi connectivity index (χ0) is 20.3. The van der Waals surface area contributed by atoms with Crippen molar-refractivity contribution in [3.05, 3.63) is 53.6 Å². The topological polar surface area (TPSA) is 76.7 Å². The number of fused-ring (bicyclic) bond motifs is 1. The minimum absolute atomic E-state index is 0.166. The van der Waals surface area contributed by atoms with Crippen molar-refractivity contribution in [3.8, 4) is 11.5 Å². The third-order valence-corrected chi connectivity index (χ3v) is 5.35. The molecule has 0 atom stereocenters. The molecule has 0 unspecified atom stereocenters. The second kappa shape index (κ2) is 8.15. The molecule has 1 spiro atoms. The maximum atomic E-state index is 12.2. The molecule has 6 heteroatoms. The number of anilines is 1. The summed E-state index contributed by atoms with van der Waals surface area (Å²) in [5.74, 6) is 0.541. The van der Waals surface area contributed by atoms with Crippen molar-refractivity contribution in [1.82, 2.24) is 5.32 Å². The maximum Gasteiger partial charge on any atom is 0.251 e. The predicted molar refractivity (Wildman–Crippen MR) is 110 cm³/mol. The van der Waals surface area contributed by atoms with Gasteiger partial charge in [0.05, 0.1) is 0 Å². The van der Waals surface area contributed by atoms with Crippen LogP contribution >= 0.6 is 0 Å². The lowest BCUT2D eigenvalue weighted by Gasteiger charge is -2.31. The lowest BCUT2D eigenvalue weighted by Crippen LogP contribution is -2.40. The highest BCUT2D eigenvalue weighted by Gasteiger charge is 2.42. The van der Waals surface area contributed by atoms with E-state index in [-0.39, 0.29) is 24.8 Å². The van der Waals surface area contributed by atoms with Gasteiger partial charge in [-0.1, -0.05) is 24.1 Å². The number of aryl methyl sites for hydroxylation is 1. The second-order valence-corrected chi connectivity index (χ2v) is 7.76. The normalized spacial score (nSPS) is 16.4. The number of benzene rings is 2. The van der Waals surface area contributed by atoms with Gasteiger partial charge in [-0.2, -0.15) is 0 Å². The molecule has 0 bridgehead atoms. The molecule has 2 aliphatic rings. The van der Waals surface area contributed by atoms with Gasteiger partial charge in [0, 0.05) is 43.1 Å². The molecule has 0 radical (unpaired) electrons. The Labute approximate surface area is 170 Å². The van der Waals surface area contributed by atoms with Gasteiger partial charge in [-0.3, -0.25) is 9.59 Å². The highest BCUT2D eigenvalue weighted by molar-refractivity contribution is 5.95. The number of nitrogens with one attached hydrogen (secondary N) is 2. The summed E-state index contributed by atoms with van der Waals surface area (Å²) in [6.07, 6.45) is 5.40. The quantitative estimate of drug-likeness (QED) is 0.797. The van der Waals surface area contributed by atoms with Crippen LogP contribution < -0.4 is 20.1 Å². The van der Waals surface area contributed by atoms with Gasteiger partial charge in [0.25, 0.3) is 11.7 Å². The third-order valence-electron chi connectivity index (χ3n) is 5.35. The number of carbonyl (C=O) groups is 2. The van der Waals surface area contributed by atoms with Crippen LogP contribution in [-0.2, 0) is 4.79 Å². The molecule has 0 saturated heterocycles. The van der Waals surface area contributed by atoms with Gasteiger partial charge >= 0.3 is 0 Å². The molecule has 2 aromatic rings. The van der Waals surface area contributed by atoms with E-state index in [1.165, 1.54) is 6.42 Å². The summed E-state index contributed by atoms with van der Waals surface area (Å²) in [6.45, 7) is 2.21. The largest absolute Gasteiger partial charge is 0.448 e. The predicted octanol–water partition coefficient (Wildman–Crippen LogP) is 4.19. The van der Waals surface area contributed by atoms with Gasteiger partial charge in [0.2, 0.25) is 5.91 Å². The monoisotopic (exact) mass is 394 g/mol. The van der Waals surface area contributed by atoms with Crippen molar-refractivity contribution >= 4 is 17.5 Å². The van der Waals surface area contributed by atoms with E-state index in [9.17, 15) is 9.59 Å². The van der Waals surface area contributed by atoms with E-state index >= 15 is 0 Å². The fourth-order valence-corrected chi connectivity index (χ4v) is 3.87. The van der Waals surface area contributed by atoms with Crippen LogP contribution in [0.4, 0.5) is 5.69 Å². The first-order valence-corrected chi connectivity index (χ1v) is 10.2. The second-order valence-electron chi connectivity index (χ2n) is 7.76. The van der Waals surface area contributed by atoms with Crippen LogP contribution in [0.2, 0.25) is 0 Å². The van der Waals surface area contributed by atoms with Crippen molar-refractivity contribution in [2.45, 2.75) is 51.2 Å². The van der Waals surface area contributed by atoms with Gasteiger partial charge in [-0.05, 0) is 44.0 Å². The van der Waals surface area contributed by atoms with Gasteiger partial charge < -0.3 is 20.1 Å². The van der Waals surface area contributed by atoms with Crippen LogP contribution in [0.5, 0.6) is 11.5 Å². The Morgan fingerprint density at radius 2 is 1.79 bits per heavy atom. The molecule has 0 aromatic heterocycles. The van der Waals surface area contributed by atoms with Crippen LogP contribution in [-0.4, -0.2) is 24.1 Å². The number of amides is 2. The Morgan fingerprint density at radius 1 is 1.00 bits per heavy atom. The summed E-state index contributed by atoms with van der Waals surface area (Å²) in [4.78, 5) is 24.4. The lowest BCUT2D eigenvalue weighted by molar-refractivity contribution is -0.116. The first kappa shape index (κ1) is 19.3. The Morgan fingerprint density at radius 3 is 2.59 bits per heavy atom.